The molecule has 1 atom stereocenters. The molecule has 0 radical (unpaired) electrons. The number of hydrogen-bond acceptors (Lipinski definition) is 5. The fourth-order valence-corrected chi connectivity index (χ4v) is 3.44. The fraction of sp³-hybridized carbons (Fsp3) is 0.833. The van der Waals surface area contributed by atoms with Gasteiger partial charge >= 0.3 is 0 Å². The van der Waals surface area contributed by atoms with Gasteiger partial charge in [-0.25, -0.2) is 4.99 Å². The molecule has 2 aliphatic heterocycles. The highest BCUT2D eigenvalue weighted by Crippen LogP contribution is 2.10. The summed E-state index contributed by atoms with van der Waals surface area (Å²) in [7, 11) is 1.98. The van der Waals surface area contributed by atoms with Crippen molar-refractivity contribution in [1.82, 2.24) is 30.3 Å². The molecule has 27 heavy (non-hydrogen) atoms. The Morgan fingerprint density at radius 1 is 1.19 bits per heavy atom. The number of rotatable bonds is 7. The molecule has 0 aromatic carbocycles. The molecule has 1 unspecified atom stereocenters. The van der Waals surface area contributed by atoms with Gasteiger partial charge in [0.15, 0.2) is 11.8 Å². The zero-order valence-electron chi connectivity index (χ0n) is 16.6. The first-order chi connectivity index (χ1) is 12.7. The van der Waals surface area contributed by atoms with Gasteiger partial charge in [0.05, 0.1) is 6.10 Å². The van der Waals surface area contributed by atoms with Crippen molar-refractivity contribution in [2.45, 2.75) is 51.7 Å². The molecule has 2 N–H and O–H groups in total. The third kappa shape index (κ3) is 7.19. The molecule has 8 nitrogen and oxygen atoms in total. The highest BCUT2D eigenvalue weighted by atomic mass is 127. The third-order valence-corrected chi connectivity index (χ3v) is 5.25. The van der Waals surface area contributed by atoms with Crippen LogP contribution in [0.4, 0.5) is 0 Å². The lowest BCUT2D eigenvalue weighted by molar-refractivity contribution is 0.113. The summed E-state index contributed by atoms with van der Waals surface area (Å²) in [6.07, 6.45) is 6.58. The smallest absolute Gasteiger partial charge is 0.191 e. The minimum atomic E-state index is 0. The number of guanidine groups is 1. The Morgan fingerprint density at radius 2 is 2.00 bits per heavy atom. The van der Waals surface area contributed by atoms with Gasteiger partial charge < -0.3 is 24.8 Å². The normalized spacial score (nSPS) is 21.1. The number of hydrogen-bond donors (Lipinski definition) is 2. The lowest BCUT2D eigenvalue weighted by Gasteiger charge is -2.26. The van der Waals surface area contributed by atoms with Crippen LogP contribution >= 0.6 is 24.0 Å². The first kappa shape index (κ1) is 22.4. The van der Waals surface area contributed by atoms with Crippen molar-refractivity contribution in [1.29, 1.82) is 0 Å². The van der Waals surface area contributed by atoms with E-state index in [-0.39, 0.29) is 24.0 Å². The standard InChI is InChI=1S/C18H33N7O.HI/c1-15-22-23-17(24(15)2)14-21-18(20-13-16-7-6-12-26-16)19-8-11-25-9-4-3-5-10-25;/h16H,3-14H2,1-2H3,(H2,19,20,21);1H. The van der Waals surface area contributed by atoms with Gasteiger partial charge in [-0.1, -0.05) is 6.42 Å². The van der Waals surface area contributed by atoms with Gasteiger partial charge in [-0.05, 0) is 45.7 Å². The Hall–Kier alpha value is -0.940. The van der Waals surface area contributed by atoms with E-state index in [1.807, 2.05) is 18.5 Å². The van der Waals surface area contributed by atoms with Crippen LogP contribution in [0.1, 0.15) is 43.8 Å². The topological polar surface area (TPSA) is 79.6 Å². The number of likely N-dealkylation sites (tertiary alicyclic amines) is 1. The van der Waals surface area contributed by atoms with E-state index in [0.717, 1.165) is 56.7 Å². The Bertz CT molecular complexity index is 580. The number of aryl methyl sites for hydroxylation is 1. The molecule has 3 heterocycles. The van der Waals surface area contributed by atoms with Crippen molar-refractivity contribution in [2.24, 2.45) is 12.0 Å². The number of nitrogens with zero attached hydrogens (tertiary/aromatic N) is 5. The zero-order chi connectivity index (χ0) is 18.2. The molecule has 3 rings (SSSR count). The highest BCUT2D eigenvalue weighted by molar-refractivity contribution is 14.0. The lowest BCUT2D eigenvalue weighted by atomic mass is 10.1. The molecule has 2 fully saturated rings. The quantitative estimate of drug-likeness (QED) is 0.342. The number of halogens is 1. The molecule has 154 valence electrons. The third-order valence-electron chi connectivity index (χ3n) is 5.25. The minimum Gasteiger partial charge on any atom is -0.376 e. The molecule has 1 aromatic rings. The maximum atomic E-state index is 5.71. The van der Waals surface area contributed by atoms with E-state index in [4.69, 9.17) is 9.73 Å². The SMILES string of the molecule is Cc1nnc(CN=C(NCCN2CCCCC2)NCC2CCCO2)n1C.I. The number of ether oxygens (including phenoxy) is 1. The summed E-state index contributed by atoms with van der Waals surface area (Å²) in [6.45, 7) is 8.53. The van der Waals surface area contributed by atoms with Crippen molar-refractivity contribution >= 4 is 29.9 Å². The van der Waals surface area contributed by atoms with E-state index in [1.54, 1.807) is 0 Å². The Morgan fingerprint density at radius 3 is 2.67 bits per heavy atom. The second-order valence-corrected chi connectivity index (χ2v) is 7.23. The van der Waals surface area contributed by atoms with Crippen LogP contribution in [-0.2, 0) is 18.3 Å². The maximum Gasteiger partial charge on any atom is 0.191 e. The average Bonchev–Trinajstić information content (AvgIpc) is 3.29. The second-order valence-electron chi connectivity index (χ2n) is 7.23. The molecule has 9 heteroatoms. The number of aromatic nitrogens is 3. The van der Waals surface area contributed by atoms with Crippen molar-refractivity contribution in [3.05, 3.63) is 11.6 Å². The van der Waals surface area contributed by atoms with Crippen molar-refractivity contribution in [2.75, 3.05) is 39.3 Å². The van der Waals surface area contributed by atoms with Crippen LogP contribution in [0.15, 0.2) is 4.99 Å². The molecular formula is C18H34IN7O. The summed E-state index contributed by atoms with van der Waals surface area (Å²) in [5.41, 5.74) is 0. The first-order valence-electron chi connectivity index (χ1n) is 9.93. The molecule has 0 bridgehead atoms. The molecule has 0 aliphatic carbocycles. The molecular weight excluding hydrogens is 457 g/mol. The minimum absolute atomic E-state index is 0. The molecule has 0 amide bonds. The summed E-state index contributed by atoms with van der Waals surface area (Å²) in [4.78, 5) is 7.24. The van der Waals surface area contributed by atoms with Crippen LogP contribution in [0.5, 0.6) is 0 Å². The molecule has 2 aliphatic rings. The monoisotopic (exact) mass is 491 g/mol. The van der Waals surface area contributed by atoms with Crippen LogP contribution in [0.2, 0.25) is 0 Å². The van der Waals surface area contributed by atoms with Gasteiger partial charge in [0.1, 0.15) is 12.4 Å². The molecule has 2 saturated heterocycles. The summed E-state index contributed by atoms with van der Waals surface area (Å²) in [5, 5.41) is 15.2. The number of piperidine rings is 1. The number of nitrogens with one attached hydrogen (secondary N) is 2. The zero-order valence-corrected chi connectivity index (χ0v) is 18.9. The summed E-state index contributed by atoms with van der Waals surface area (Å²) in [6, 6.07) is 0. The lowest BCUT2D eigenvalue weighted by Crippen LogP contribution is -2.44. The maximum absolute atomic E-state index is 5.71. The number of aliphatic imine (C=N–C) groups is 1. The van der Waals surface area contributed by atoms with Gasteiger partial charge in [0.2, 0.25) is 0 Å². The van der Waals surface area contributed by atoms with Crippen molar-refractivity contribution in [3.8, 4) is 0 Å². The van der Waals surface area contributed by atoms with E-state index in [2.05, 4.69) is 25.7 Å². The molecule has 0 saturated carbocycles. The van der Waals surface area contributed by atoms with E-state index < -0.39 is 0 Å². The average molecular weight is 491 g/mol. The van der Waals surface area contributed by atoms with E-state index in [1.165, 1.54) is 32.4 Å². The molecule has 1 aromatic heterocycles. The summed E-state index contributed by atoms with van der Waals surface area (Å²) < 4.78 is 7.69. The second kappa shape index (κ2) is 11.8. The van der Waals surface area contributed by atoms with Crippen molar-refractivity contribution in [3.63, 3.8) is 0 Å². The Labute approximate surface area is 179 Å². The fourth-order valence-electron chi connectivity index (χ4n) is 3.44. The van der Waals surface area contributed by atoms with Crippen LogP contribution in [0.25, 0.3) is 0 Å². The predicted molar refractivity (Wildman–Crippen MR) is 118 cm³/mol. The Balaban J connectivity index is 0.00000261. The highest BCUT2D eigenvalue weighted by Gasteiger charge is 2.16. The molecule has 0 spiro atoms. The van der Waals surface area contributed by atoms with Crippen molar-refractivity contribution < 1.29 is 4.74 Å². The van der Waals surface area contributed by atoms with Crippen LogP contribution in [-0.4, -0.2) is 71.1 Å². The van der Waals surface area contributed by atoms with Gasteiger partial charge in [-0.15, -0.1) is 34.2 Å². The summed E-state index contributed by atoms with van der Waals surface area (Å²) in [5.74, 6) is 2.61. The predicted octanol–water partition coefficient (Wildman–Crippen LogP) is 1.44. The Kier molecular flexibility index (Phi) is 9.77. The van der Waals surface area contributed by atoms with Gasteiger partial charge in [0, 0.05) is 33.3 Å². The van der Waals surface area contributed by atoms with E-state index >= 15 is 0 Å². The van der Waals surface area contributed by atoms with Crippen LogP contribution < -0.4 is 10.6 Å². The van der Waals surface area contributed by atoms with E-state index in [0.29, 0.717) is 12.6 Å². The van der Waals surface area contributed by atoms with Gasteiger partial charge in [0.25, 0.3) is 0 Å². The van der Waals surface area contributed by atoms with Gasteiger partial charge in [-0.2, -0.15) is 0 Å². The van der Waals surface area contributed by atoms with E-state index in [9.17, 15) is 0 Å². The first-order valence-corrected chi connectivity index (χ1v) is 9.93. The summed E-state index contributed by atoms with van der Waals surface area (Å²) >= 11 is 0. The van der Waals surface area contributed by atoms with Crippen LogP contribution in [0.3, 0.4) is 0 Å². The largest absolute Gasteiger partial charge is 0.376 e. The van der Waals surface area contributed by atoms with Crippen LogP contribution in [0, 0.1) is 6.92 Å². The van der Waals surface area contributed by atoms with Gasteiger partial charge in [-0.3, -0.25) is 0 Å².